The molecule has 2 aromatic rings. The van der Waals surface area contributed by atoms with E-state index in [-0.39, 0.29) is 14.9 Å². The lowest BCUT2D eigenvalue weighted by atomic mass is 10.4. The SMILES string of the molecule is O=c1c(Cl)c(Cl)cnn1S(=O)(=O)c1ccccc1. The van der Waals surface area contributed by atoms with Crippen LogP contribution in [0.5, 0.6) is 0 Å². The summed E-state index contributed by atoms with van der Waals surface area (Å²) in [5.41, 5.74) is -0.979. The lowest BCUT2D eigenvalue weighted by molar-refractivity contribution is 0.575. The first-order chi connectivity index (χ1) is 8.44. The topological polar surface area (TPSA) is 69.0 Å². The zero-order chi connectivity index (χ0) is 13.3. The molecule has 0 saturated carbocycles. The Kier molecular flexibility index (Phi) is 3.43. The van der Waals surface area contributed by atoms with Crippen molar-refractivity contribution in [2.24, 2.45) is 0 Å². The average molecular weight is 305 g/mol. The summed E-state index contributed by atoms with van der Waals surface area (Å²) in [6.07, 6.45) is 1.01. The van der Waals surface area contributed by atoms with E-state index in [9.17, 15) is 13.2 Å². The highest BCUT2D eigenvalue weighted by Gasteiger charge is 2.21. The number of hydrogen-bond donors (Lipinski definition) is 0. The summed E-state index contributed by atoms with van der Waals surface area (Å²) in [7, 11) is -4.06. The van der Waals surface area contributed by atoms with Crippen molar-refractivity contribution >= 4 is 33.2 Å². The molecule has 1 heterocycles. The highest BCUT2D eigenvalue weighted by atomic mass is 35.5. The molecule has 0 atom stereocenters. The average Bonchev–Trinajstić information content (AvgIpc) is 2.37. The third kappa shape index (κ3) is 2.14. The first kappa shape index (κ1) is 13.1. The quantitative estimate of drug-likeness (QED) is 0.848. The van der Waals surface area contributed by atoms with Crippen LogP contribution in [0.1, 0.15) is 0 Å². The molecule has 0 bridgehead atoms. The van der Waals surface area contributed by atoms with E-state index >= 15 is 0 Å². The lowest BCUT2D eigenvalue weighted by Gasteiger charge is -2.06. The molecule has 1 aromatic carbocycles. The molecule has 0 aliphatic heterocycles. The summed E-state index contributed by atoms with van der Waals surface area (Å²) >= 11 is 11.2. The molecule has 0 N–H and O–H groups in total. The van der Waals surface area contributed by atoms with Crippen LogP contribution in [0, 0.1) is 0 Å². The molecule has 94 valence electrons. The van der Waals surface area contributed by atoms with Crippen molar-refractivity contribution in [3.05, 3.63) is 56.9 Å². The summed E-state index contributed by atoms with van der Waals surface area (Å²) in [6, 6.07) is 7.44. The van der Waals surface area contributed by atoms with Crippen molar-refractivity contribution < 1.29 is 8.42 Å². The van der Waals surface area contributed by atoms with Crippen LogP contribution in [0.3, 0.4) is 0 Å². The van der Waals surface area contributed by atoms with Gasteiger partial charge in [-0.25, -0.2) is 0 Å². The molecule has 8 heteroatoms. The van der Waals surface area contributed by atoms with Crippen molar-refractivity contribution in [3.63, 3.8) is 0 Å². The Morgan fingerprint density at radius 2 is 1.72 bits per heavy atom. The van der Waals surface area contributed by atoms with E-state index in [1.54, 1.807) is 6.07 Å². The molecule has 0 saturated heterocycles. The van der Waals surface area contributed by atoms with E-state index < -0.39 is 15.6 Å². The second-order valence-electron chi connectivity index (χ2n) is 3.27. The van der Waals surface area contributed by atoms with Gasteiger partial charge in [0.15, 0.2) is 0 Å². The van der Waals surface area contributed by atoms with E-state index in [1.807, 2.05) is 0 Å². The Labute approximate surface area is 113 Å². The third-order valence-corrected chi connectivity index (χ3v) is 4.45. The van der Waals surface area contributed by atoms with Gasteiger partial charge in [0.05, 0.1) is 16.1 Å². The molecular formula is C10H6Cl2N2O3S. The van der Waals surface area contributed by atoms with Crippen molar-refractivity contribution in [2.45, 2.75) is 4.90 Å². The maximum atomic E-state index is 12.1. The molecule has 2 rings (SSSR count). The second kappa shape index (κ2) is 4.72. The van der Waals surface area contributed by atoms with E-state index in [1.165, 1.54) is 24.3 Å². The number of nitrogens with zero attached hydrogens (tertiary/aromatic N) is 2. The van der Waals surface area contributed by atoms with Gasteiger partial charge in [0.25, 0.3) is 10.0 Å². The first-order valence-electron chi connectivity index (χ1n) is 4.68. The fourth-order valence-corrected chi connectivity index (χ4v) is 2.75. The van der Waals surface area contributed by atoms with Gasteiger partial charge >= 0.3 is 5.56 Å². The van der Waals surface area contributed by atoms with Gasteiger partial charge in [0, 0.05) is 0 Å². The second-order valence-corrected chi connectivity index (χ2v) is 5.83. The molecule has 0 radical (unpaired) electrons. The largest absolute Gasteiger partial charge is 0.301 e. The van der Waals surface area contributed by atoms with Gasteiger partial charge in [0.1, 0.15) is 5.02 Å². The van der Waals surface area contributed by atoms with Crippen molar-refractivity contribution in [3.8, 4) is 0 Å². The molecule has 5 nitrogen and oxygen atoms in total. The van der Waals surface area contributed by atoms with Crippen molar-refractivity contribution in [1.29, 1.82) is 0 Å². The monoisotopic (exact) mass is 304 g/mol. The Balaban J connectivity index is 2.71. The van der Waals surface area contributed by atoms with Crippen LogP contribution in [-0.2, 0) is 10.0 Å². The van der Waals surface area contributed by atoms with Crippen LogP contribution >= 0.6 is 23.2 Å². The molecule has 0 amide bonds. The number of aromatic nitrogens is 2. The minimum Gasteiger partial charge on any atom is -0.265 e. The van der Waals surface area contributed by atoms with E-state index in [0.29, 0.717) is 4.09 Å². The maximum absolute atomic E-state index is 12.1. The summed E-state index contributed by atoms with van der Waals surface area (Å²) < 4.78 is 24.5. The summed E-state index contributed by atoms with van der Waals surface area (Å²) in [4.78, 5) is 11.7. The van der Waals surface area contributed by atoms with Crippen LogP contribution in [0.4, 0.5) is 0 Å². The summed E-state index contributed by atoms with van der Waals surface area (Å²) in [5.74, 6) is 0. The number of hydrogen-bond acceptors (Lipinski definition) is 4. The molecule has 0 aliphatic carbocycles. The lowest BCUT2D eigenvalue weighted by Crippen LogP contribution is -2.30. The van der Waals surface area contributed by atoms with Crippen LogP contribution in [0.15, 0.2) is 46.2 Å². The maximum Gasteiger partial charge on any atom is 0.301 e. The van der Waals surface area contributed by atoms with Crippen molar-refractivity contribution in [1.82, 2.24) is 9.19 Å². The predicted octanol–water partition coefficient (Wildman–Crippen LogP) is 1.79. The summed E-state index contributed by atoms with van der Waals surface area (Å²) in [5, 5.41) is 3.01. The minimum atomic E-state index is -4.06. The number of rotatable bonds is 2. The van der Waals surface area contributed by atoms with Crippen molar-refractivity contribution in [2.75, 3.05) is 0 Å². The Bertz CT molecular complexity index is 741. The van der Waals surface area contributed by atoms with E-state index in [2.05, 4.69) is 5.10 Å². The number of halogens is 2. The fraction of sp³-hybridized carbons (Fsp3) is 0. The normalized spacial score (nSPS) is 11.4. The molecule has 1 aromatic heterocycles. The summed E-state index contributed by atoms with van der Waals surface area (Å²) in [6.45, 7) is 0. The van der Waals surface area contributed by atoms with Gasteiger partial charge in [-0.3, -0.25) is 4.79 Å². The van der Waals surface area contributed by atoms with Gasteiger partial charge in [0.2, 0.25) is 0 Å². The molecule has 18 heavy (non-hydrogen) atoms. The molecular weight excluding hydrogens is 299 g/mol. The third-order valence-electron chi connectivity index (χ3n) is 2.12. The zero-order valence-corrected chi connectivity index (χ0v) is 11.1. The molecule has 0 aliphatic rings. The number of benzene rings is 1. The Morgan fingerprint density at radius 1 is 1.11 bits per heavy atom. The molecule has 0 spiro atoms. The molecule has 0 unspecified atom stereocenters. The fourth-order valence-electron chi connectivity index (χ4n) is 1.26. The van der Waals surface area contributed by atoms with Gasteiger partial charge in [-0.1, -0.05) is 41.4 Å². The van der Waals surface area contributed by atoms with Crippen LogP contribution < -0.4 is 5.56 Å². The van der Waals surface area contributed by atoms with Gasteiger partial charge < -0.3 is 0 Å². The zero-order valence-electron chi connectivity index (χ0n) is 8.75. The van der Waals surface area contributed by atoms with Gasteiger partial charge in [-0.05, 0) is 12.1 Å². The highest BCUT2D eigenvalue weighted by Crippen LogP contribution is 2.17. The van der Waals surface area contributed by atoms with Crippen LogP contribution in [0.2, 0.25) is 10.0 Å². The highest BCUT2D eigenvalue weighted by molar-refractivity contribution is 7.89. The predicted molar refractivity (Wildman–Crippen MR) is 67.5 cm³/mol. The van der Waals surface area contributed by atoms with E-state index in [4.69, 9.17) is 23.2 Å². The smallest absolute Gasteiger partial charge is 0.265 e. The van der Waals surface area contributed by atoms with Gasteiger partial charge in [-0.2, -0.15) is 13.5 Å². The van der Waals surface area contributed by atoms with Crippen LogP contribution in [0.25, 0.3) is 0 Å². The van der Waals surface area contributed by atoms with Gasteiger partial charge in [-0.15, -0.1) is 4.09 Å². The first-order valence-corrected chi connectivity index (χ1v) is 6.88. The standard InChI is InChI=1S/C10H6Cl2N2O3S/c11-8-6-13-14(10(15)9(8)12)18(16,17)7-4-2-1-3-5-7/h1-6H. The Hall–Kier alpha value is -1.37. The minimum absolute atomic E-state index is 0.0574. The Morgan fingerprint density at radius 3 is 2.33 bits per heavy atom. The van der Waals surface area contributed by atoms with Crippen LogP contribution in [-0.4, -0.2) is 17.6 Å². The van der Waals surface area contributed by atoms with E-state index in [0.717, 1.165) is 6.20 Å². The molecule has 0 fully saturated rings.